The Kier molecular flexibility index (Phi) is 3.88. The van der Waals surface area contributed by atoms with Gasteiger partial charge in [0.15, 0.2) is 0 Å². The van der Waals surface area contributed by atoms with Crippen molar-refractivity contribution in [3.63, 3.8) is 0 Å². The third-order valence-electron chi connectivity index (χ3n) is 3.61. The van der Waals surface area contributed by atoms with Crippen molar-refractivity contribution in [2.75, 3.05) is 18.5 Å². The largest absolute Gasteiger partial charge is 0.393 e. The fourth-order valence-electron chi connectivity index (χ4n) is 2.43. The van der Waals surface area contributed by atoms with Gasteiger partial charge in [-0.1, -0.05) is 6.07 Å². The summed E-state index contributed by atoms with van der Waals surface area (Å²) < 4.78 is 13.9. The predicted molar refractivity (Wildman–Crippen MR) is 69.0 cm³/mol. The van der Waals surface area contributed by atoms with Gasteiger partial charge in [0.05, 0.1) is 17.9 Å². The van der Waals surface area contributed by atoms with E-state index >= 15 is 0 Å². The fraction of sp³-hybridized carbons (Fsp3) is 0.571. The molecule has 0 radical (unpaired) electrons. The zero-order valence-electron chi connectivity index (χ0n) is 10.8. The molecule has 0 saturated heterocycles. The Bertz CT molecular complexity index is 416. The molecule has 0 spiro atoms. The molecule has 1 aliphatic carbocycles. The second-order valence-corrected chi connectivity index (χ2v) is 5.26. The highest BCUT2D eigenvalue weighted by Crippen LogP contribution is 2.30. The maximum absolute atomic E-state index is 13.9. The fourth-order valence-corrected chi connectivity index (χ4v) is 2.43. The van der Waals surface area contributed by atoms with Crippen LogP contribution in [0.5, 0.6) is 0 Å². The molecule has 1 unspecified atom stereocenters. The summed E-state index contributed by atoms with van der Waals surface area (Å²) in [5.41, 5.74) is 1.13. The summed E-state index contributed by atoms with van der Waals surface area (Å²) >= 11 is 0. The maximum atomic E-state index is 13.9. The highest BCUT2D eigenvalue weighted by molar-refractivity contribution is 5.48. The standard InChI is InChI=1S/C14H20FNO2/c1-9(17)11-3-4-14(13(15)7-11)16(2)8-10-5-12(18)6-10/h3-4,7,9-10,12,17-18H,5-6,8H2,1-2H3. The van der Waals surface area contributed by atoms with E-state index in [4.69, 9.17) is 0 Å². The lowest BCUT2D eigenvalue weighted by atomic mass is 9.82. The zero-order valence-corrected chi connectivity index (χ0v) is 10.8. The molecule has 0 heterocycles. The molecule has 2 N–H and O–H groups in total. The van der Waals surface area contributed by atoms with Gasteiger partial charge in [-0.15, -0.1) is 0 Å². The predicted octanol–water partition coefficient (Wildman–Crippen LogP) is 2.09. The first-order chi connectivity index (χ1) is 8.47. The summed E-state index contributed by atoms with van der Waals surface area (Å²) in [7, 11) is 1.85. The molecule has 2 rings (SSSR count). The van der Waals surface area contributed by atoms with E-state index in [1.165, 1.54) is 6.07 Å². The van der Waals surface area contributed by atoms with E-state index in [0.29, 0.717) is 17.2 Å². The van der Waals surface area contributed by atoms with Gasteiger partial charge in [0.25, 0.3) is 0 Å². The molecule has 1 aromatic rings. The van der Waals surface area contributed by atoms with Crippen molar-refractivity contribution < 1.29 is 14.6 Å². The van der Waals surface area contributed by atoms with Crippen LogP contribution in [0.4, 0.5) is 10.1 Å². The molecule has 1 fully saturated rings. The monoisotopic (exact) mass is 253 g/mol. The molecular weight excluding hydrogens is 233 g/mol. The molecule has 1 atom stereocenters. The van der Waals surface area contributed by atoms with Crippen LogP contribution < -0.4 is 4.90 Å². The summed E-state index contributed by atoms with van der Waals surface area (Å²) in [4.78, 5) is 1.87. The highest BCUT2D eigenvalue weighted by Gasteiger charge is 2.28. The van der Waals surface area contributed by atoms with Crippen LogP contribution in [0.15, 0.2) is 18.2 Å². The van der Waals surface area contributed by atoms with Crippen LogP contribution in [0.2, 0.25) is 0 Å². The number of aliphatic hydroxyl groups excluding tert-OH is 2. The molecule has 0 aromatic heterocycles. The van der Waals surface area contributed by atoms with Gasteiger partial charge >= 0.3 is 0 Å². The average Bonchev–Trinajstić information content (AvgIpc) is 2.26. The van der Waals surface area contributed by atoms with Crippen molar-refractivity contribution in [2.45, 2.75) is 32.0 Å². The van der Waals surface area contributed by atoms with Gasteiger partial charge in [-0.25, -0.2) is 4.39 Å². The normalized spacial score (nSPS) is 24.5. The van der Waals surface area contributed by atoms with E-state index in [1.807, 2.05) is 11.9 Å². The lowest BCUT2D eigenvalue weighted by Crippen LogP contribution is -2.37. The van der Waals surface area contributed by atoms with E-state index in [1.54, 1.807) is 19.1 Å². The van der Waals surface area contributed by atoms with Crippen LogP contribution in [-0.4, -0.2) is 29.9 Å². The number of nitrogens with zero attached hydrogens (tertiary/aromatic N) is 1. The molecule has 1 saturated carbocycles. The van der Waals surface area contributed by atoms with Crippen molar-refractivity contribution in [3.05, 3.63) is 29.6 Å². The van der Waals surface area contributed by atoms with Crippen LogP contribution in [-0.2, 0) is 0 Å². The average molecular weight is 253 g/mol. The first-order valence-corrected chi connectivity index (χ1v) is 6.34. The summed E-state index contributed by atoms with van der Waals surface area (Å²) in [6, 6.07) is 4.83. The molecular formula is C14H20FNO2. The van der Waals surface area contributed by atoms with Gasteiger partial charge < -0.3 is 15.1 Å². The quantitative estimate of drug-likeness (QED) is 0.863. The molecule has 3 nitrogen and oxygen atoms in total. The third kappa shape index (κ3) is 2.82. The maximum Gasteiger partial charge on any atom is 0.146 e. The Morgan fingerprint density at radius 2 is 2.11 bits per heavy atom. The first kappa shape index (κ1) is 13.3. The SMILES string of the molecule is CC(O)c1ccc(N(C)CC2CC(O)C2)c(F)c1. The second kappa shape index (κ2) is 5.24. The second-order valence-electron chi connectivity index (χ2n) is 5.26. The van der Waals surface area contributed by atoms with Crippen molar-refractivity contribution in [1.29, 1.82) is 0 Å². The molecule has 18 heavy (non-hydrogen) atoms. The molecule has 100 valence electrons. The van der Waals surface area contributed by atoms with Crippen LogP contribution in [0.1, 0.15) is 31.4 Å². The third-order valence-corrected chi connectivity index (χ3v) is 3.61. The minimum atomic E-state index is -0.652. The van der Waals surface area contributed by atoms with Crippen molar-refractivity contribution >= 4 is 5.69 Å². The number of anilines is 1. The zero-order chi connectivity index (χ0) is 13.3. The Hall–Kier alpha value is -1.13. The van der Waals surface area contributed by atoms with Crippen LogP contribution in [0.25, 0.3) is 0 Å². The van der Waals surface area contributed by atoms with Gasteiger partial charge in [0.2, 0.25) is 0 Å². The first-order valence-electron chi connectivity index (χ1n) is 6.34. The number of hydrogen-bond donors (Lipinski definition) is 2. The minimum Gasteiger partial charge on any atom is -0.393 e. The number of aliphatic hydroxyl groups is 2. The van der Waals surface area contributed by atoms with Gasteiger partial charge in [-0.2, -0.15) is 0 Å². The van der Waals surface area contributed by atoms with Gasteiger partial charge in [0.1, 0.15) is 5.82 Å². The van der Waals surface area contributed by atoms with E-state index in [2.05, 4.69) is 0 Å². The van der Waals surface area contributed by atoms with Crippen LogP contribution in [0, 0.1) is 11.7 Å². The molecule has 0 aliphatic heterocycles. The Morgan fingerprint density at radius 3 is 2.61 bits per heavy atom. The topological polar surface area (TPSA) is 43.7 Å². The summed E-state index contributed by atoms with van der Waals surface area (Å²) in [6.45, 7) is 2.37. The van der Waals surface area contributed by atoms with Crippen LogP contribution in [0.3, 0.4) is 0 Å². The van der Waals surface area contributed by atoms with Gasteiger partial charge in [-0.05, 0) is 43.4 Å². The number of halogens is 1. The lowest BCUT2D eigenvalue weighted by molar-refractivity contribution is 0.0464. The summed E-state index contributed by atoms with van der Waals surface area (Å²) in [5, 5.41) is 18.6. The molecule has 4 heteroatoms. The summed E-state index contributed by atoms with van der Waals surface area (Å²) in [6.07, 6.45) is 0.779. The van der Waals surface area contributed by atoms with Crippen molar-refractivity contribution in [2.24, 2.45) is 5.92 Å². The van der Waals surface area contributed by atoms with Crippen LogP contribution >= 0.6 is 0 Å². The van der Waals surface area contributed by atoms with Crippen molar-refractivity contribution in [3.8, 4) is 0 Å². The minimum absolute atomic E-state index is 0.175. The molecule has 1 aliphatic rings. The van der Waals surface area contributed by atoms with Crippen molar-refractivity contribution in [1.82, 2.24) is 0 Å². The number of hydrogen-bond acceptors (Lipinski definition) is 3. The van der Waals surface area contributed by atoms with E-state index in [-0.39, 0.29) is 11.9 Å². The highest BCUT2D eigenvalue weighted by atomic mass is 19.1. The Labute approximate surface area is 107 Å². The van der Waals surface area contributed by atoms with Gasteiger partial charge in [-0.3, -0.25) is 0 Å². The van der Waals surface area contributed by atoms with Gasteiger partial charge in [0, 0.05) is 13.6 Å². The molecule has 1 aromatic carbocycles. The lowest BCUT2D eigenvalue weighted by Gasteiger charge is -2.35. The van der Waals surface area contributed by atoms with E-state index in [9.17, 15) is 14.6 Å². The van der Waals surface area contributed by atoms with E-state index < -0.39 is 6.10 Å². The smallest absolute Gasteiger partial charge is 0.146 e. The number of benzene rings is 1. The Balaban J connectivity index is 2.03. The van der Waals surface area contributed by atoms with E-state index in [0.717, 1.165) is 19.4 Å². The summed E-state index contributed by atoms with van der Waals surface area (Å²) in [5.74, 6) is 0.136. The Morgan fingerprint density at radius 1 is 1.44 bits per heavy atom. The molecule has 0 bridgehead atoms. The molecule has 0 amide bonds. The number of rotatable bonds is 4.